The van der Waals surface area contributed by atoms with Gasteiger partial charge in [-0.25, -0.2) is 4.79 Å². The summed E-state index contributed by atoms with van der Waals surface area (Å²) >= 11 is 0. The number of carbonyl (C=O) groups is 1. The Morgan fingerprint density at radius 1 is 0.905 bits per heavy atom. The van der Waals surface area contributed by atoms with Crippen molar-refractivity contribution in [2.24, 2.45) is 0 Å². The fourth-order valence-electron chi connectivity index (χ4n) is 3.25. The molecule has 0 heterocycles. The van der Waals surface area contributed by atoms with Gasteiger partial charge in [0.1, 0.15) is 0 Å². The summed E-state index contributed by atoms with van der Waals surface area (Å²) in [5.74, 6) is -0.787. The van der Waals surface area contributed by atoms with Gasteiger partial charge in [0.25, 0.3) is 0 Å². The molecule has 1 aliphatic carbocycles. The van der Waals surface area contributed by atoms with Gasteiger partial charge in [-0.05, 0) is 30.4 Å². The lowest BCUT2D eigenvalue weighted by atomic mass is 9.66. The lowest BCUT2D eigenvalue weighted by Crippen LogP contribution is -2.30. The maximum atomic E-state index is 11.2. The molecule has 2 aromatic rings. The summed E-state index contributed by atoms with van der Waals surface area (Å²) in [5.41, 5.74) is 2.95. The first kappa shape index (κ1) is 13.6. The van der Waals surface area contributed by atoms with Crippen LogP contribution in [0.15, 0.2) is 72.3 Å². The van der Waals surface area contributed by atoms with Gasteiger partial charge in [-0.2, -0.15) is 0 Å². The molecule has 0 bridgehead atoms. The van der Waals surface area contributed by atoms with Crippen LogP contribution < -0.4 is 0 Å². The molecule has 0 radical (unpaired) electrons. The SMILES string of the molecule is O=C(O)C1=CCC(c2ccccc2)(c2ccccc2)CC1. The molecule has 2 heteroatoms. The van der Waals surface area contributed by atoms with Gasteiger partial charge in [-0.1, -0.05) is 66.7 Å². The number of aliphatic carboxylic acids is 1. The highest BCUT2D eigenvalue weighted by Crippen LogP contribution is 2.44. The van der Waals surface area contributed by atoms with Crippen molar-refractivity contribution in [1.29, 1.82) is 0 Å². The van der Waals surface area contributed by atoms with E-state index in [9.17, 15) is 9.90 Å². The standard InChI is InChI=1S/C19H18O2/c20-18(21)15-11-13-19(14-12-15,16-7-3-1-4-8-16)17-9-5-2-6-10-17/h1-11H,12-14H2,(H,20,21). The zero-order chi connectivity index (χ0) is 14.7. The van der Waals surface area contributed by atoms with Crippen LogP contribution in [0.3, 0.4) is 0 Å². The van der Waals surface area contributed by atoms with Crippen molar-refractivity contribution in [2.45, 2.75) is 24.7 Å². The predicted octanol–water partition coefficient (Wildman–Crippen LogP) is 4.17. The lowest BCUT2D eigenvalue weighted by molar-refractivity contribution is -0.132. The van der Waals surface area contributed by atoms with Crippen LogP contribution in [0.1, 0.15) is 30.4 Å². The molecule has 1 N–H and O–H groups in total. The van der Waals surface area contributed by atoms with E-state index < -0.39 is 5.97 Å². The Balaban J connectivity index is 2.08. The zero-order valence-corrected chi connectivity index (χ0v) is 11.8. The van der Waals surface area contributed by atoms with Crippen molar-refractivity contribution in [3.05, 3.63) is 83.4 Å². The topological polar surface area (TPSA) is 37.3 Å². The normalized spacial score (nSPS) is 17.0. The van der Waals surface area contributed by atoms with E-state index in [1.807, 2.05) is 18.2 Å². The van der Waals surface area contributed by atoms with Crippen LogP contribution >= 0.6 is 0 Å². The second-order valence-electron chi connectivity index (χ2n) is 5.55. The Labute approximate surface area is 124 Å². The molecule has 0 saturated carbocycles. The fourth-order valence-corrected chi connectivity index (χ4v) is 3.25. The molecule has 0 aliphatic heterocycles. The summed E-state index contributed by atoms with van der Waals surface area (Å²) < 4.78 is 0. The van der Waals surface area contributed by atoms with Gasteiger partial charge in [-0.15, -0.1) is 0 Å². The van der Waals surface area contributed by atoms with E-state index in [-0.39, 0.29) is 5.41 Å². The molecule has 0 unspecified atom stereocenters. The highest BCUT2D eigenvalue weighted by Gasteiger charge is 2.36. The van der Waals surface area contributed by atoms with Crippen molar-refractivity contribution < 1.29 is 9.90 Å². The summed E-state index contributed by atoms with van der Waals surface area (Å²) in [5, 5.41) is 9.18. The molecule has 2 aromatic carbocycles. The minimum absolute atomic E-state index is 0.110. The van der Waals surface area contributed by atoms with Crippen LogP contribution in [-0.4, -0.2) is 11.1 Å². The van der Waals surface area contributed by atoms with E-state index in [4.69, 9.17) is 0 Å². The summed E-state index contributed by atoms with van der Waals surface area (Å²) in [7, 11) is 0. The molecule has 21 heavy (non-hydrogen) atoms. The van der Waals surface area contributed by atoms with Gasteiger partial charge in [0.05, 0.1) is 0 Å². The third-order valence-corrected chi connectivity index (χ3v) is 4.45. The van der Waals surface area contributed by atoms with Gasteiger partial charge >= 0.3 is 5.97 Å². The first-order valence-corrected chi connectivity index (χ1v) is 7.26. The minimum Gasteiger partial charge on any atom is -0.478 e. The van der Waals surface area contributed by atoms with Gasteiger partial charge in [0.2, 0.25) is 0 Å². The molecule has 0 spiro atoms. The van der Waals surface area contributed by atoms with E-state index in [2.05, 4.69) is 48.5 Å². The van der Waals surface area contributed by atoms with E-state index in [1.54, 1.807) is 0 Å². The number of hydrogen-bond donors (Lipinski definition) is 1. The number of carboxylic acid groups (broad SMARTS) is 1. The second-order valence-corrected chi connectivity index (χ2v) is 5.55. The summed E-state index contributed by atoms with van der Waals surface area (Å²) in [4.78, 5) is 11.2. The Hall–Kier alpha value is -2.35. The quantitative estimate of drug-likeness (QED) is 0.915. The number of rotatable bonds is 3. The summed E-state index contributed by atoms with van der Waals surface area (Å²) in [6.45, 7) is 0. The summed E-state index contributed by atoms with van der Waals surface area (Å²) in [6.07, 6.45) is 4.08. The number of hydrogen-bond acceptors (Lipinski definition) is 1. The average Bonchev–Trinajstić information content (AvgIpc) is 2.56. The molecule has 0 saturated heterocycles. The van der Waals surface area contributed by atoms with Crippen LogP contribution in [0.5, 0.6) is 0 Å². The maximum absolute atomic E-state index is 11.2. The van der Waals surface area contributed by atoms with Crippen molar-refractivity contribution in [1.82, 2.24) is 0 Å². The first-order chi connectivity index (χ1) is 10.2. The minimum atomic E-state index is -0.787. The molecule has 0 amide bonds. The van der Waals surface area contributed by atoms with Gasteiger partial charge in [0, 0.05) is 11.0 Å². The maximum Gasteiger partial charge on any atom is 0.331 e. The molecular formula is C19H18O2. The third kappa shape index (κ3) is 2.49. The molecule has 106 valence electrons. The monoisotopic (exact) mass is 278 g/mol. The lowest BCUT2D eigenvalue weighted by Gasteiger charge is -2.37. The number of benzene rings is 2. The van der Waals surface area contributed by atoms with Crippen LogP contribution in [0, 0.1) is 0 Å². The Morgan fingerprint density at radius 2 is 1.43 bits per heavy atom. The average molecular weight is 278 g/mol. The summed E-state index contributed by atoms with van der Waals surface area (Å²) in [6, 6.07) is 20.8. The van der Waals surface area contributed by atoms with Crippen LogP contribution in [0.2, 0.25) is 0 Å². The van der Waals surface area contributed by atoms with Crippen molar-refractivity contribution in [3.63, 3.8) is 0 Å². The largest absolute Gasteiger partial charge is 0.478 e. The van der Waals surface area contributed by atoms with E-state index in [1.165, 1.54) is 11.1 Å². The first-order valence-electron chi connectivity index (χ1n) is 7.26. The molecule has 0 fully saturated rings. The van der Waals surface area contributed by atoms with Gasteiger partial charge in [-0.3, -0.25) is 0 Å². The van der Waals surface area contributed by atoms with Crippen molar-refractivity contribution >= 4 is 5.97 Å². The zero-order valence-electron chi connectivity index (χ0n) is 11.8. The van der Waals surface area contributed by atoms with E-state index in [0.29, 0.717) is 12.0 Å². The Kier molecular flexibility index (Phi) is 3.61. The van der Waals surface area contributed by atoms with Crippen molar-refractivity contribution in [3.8, 4) is 0 Å². The van der Waals surface area contributed by atoms with Gasteiger partial charge in [0.15, 0.2) is 0 Å². The van der Waals surface area contributed by atoms with Crippen LogP contribution in [0.4, 0.5) is 0 Å². The third-order valence-electron chi connectivity index (χ3n) is 4.45. The highest BCUT2D eigenvalue weighted by molar-refractivity contribution is 5.86. The Bertz CT molecular complexity index is 617. The number of carboxylic acids is 1. The van der Waals surface area contributed by atoms with E-state index in [0.717, 1.165) is 12.8 Å². The predicted molar refractivity (Wildman–Crippen MR) is 83.2 cm³/mol. The van der Waals surface area contributed by atoms with E-state index >= 15 is 0 Å². The molecule has 1 aliphatic rings. The van der Waals surface area contributed by atoms with Crippen LogP contribution in [-0.2, 0) is 10.2 Å². The Morgan fingerprint density at radius 3 is 1.81 bits per heavy atom. The molecular weight excluding hydrogens is 260 g/mol. The molecule has 3 rings (SSSR count). The molecule has 0 aromatic heterocycles. The van der Waals surface area contributed by atoms with Crippen LogP contribution in [0.25, 0.3) is 0 Å². The second kappa shape index (κ2) is 5.57. The smallest absolute Gasteiger partial charge is 0.331 e. The highest BCUT2D eigenvalue weighted by atomic mass is 16.4. The molecule has 0 atom stereocenters. The fraction of sp³-hybridized carbons (Fsp3) is 0.211. The van der Waals surface area contributed by atoms with Crippen molar-refractivity contribution in [2.75, 3.05) is 0 Å². The molecule has 2 nitrogen and oxygen atoms in total. The van der Waals surface area contributed by atoms with Gasteiger partial charge < -0.3 is 5.11 Å². The number of allylic oxidation sites excluding steroid dienone is 1.